The zero-order chi connectivity index (χ0) is 61.7. The SMILES string of the molecule is CCOC(=O)C(C)CP(C)(=O)NC(C)C(=O)OCC.CCOC(=O)C(C)CP(C)(=O)O.CCOC(=O)C(C)CP(C)(=O)OCc1ccccc1.CP(=O)(O)OCc1ccccc1.CP(=O)(OCc1ccccc1)OCc1ccccc1. The molecule has 0 spiro atoms. The summed E-state index contributed by atoms with van der Waals surface area (Å²) < 4.78 is 98.5. The second-order valence-electron chi connectivity index (χ2n) is 18.9. The molecule has 456 valence electrons. The van der Waals surface area contributed by atoms with E-state index >= 15 is 0 Å². The summed E-state index contributed by atoms with van der Waals surface area (Å²) in [4.78, 5) is 63.2. The molecule has 0 amide bonds. The van der Waals surface area contributed by atoms with Crippen molar-refractivity contribution in [1.82, 2.24) is 5.09 Å². The fourth-order valence-corrected chi connectivity index (χ4v) is 12.9. The van der Waals surface area contributed by atoms with Crippen LogP contribution in [0.15, 0.2) is 121 Å². The summed E-state index contributed by atoms with van der Waals surface area (Å²) >= 11 is 0. The minimum absolute atomic E-state index is 0.00810. The number of ether oxygens (including phenoxy) is 4. The van der Waals surface area contributed by atoms with E-state index in [1.807, 2.05) is 121 Å². The molecule has 20 nitrogen and oxygen atoms in total. The van der Waals surface area contributed by atoms with Crippen LogP contribution in [0.5, 0.6) is 0 Å². The van der Waals surface area contributed by atoms with Gasteiger partial charge in [0.15, 0.2) is 7.37 Å². The maximum absolute atomic E-state index is 12.3. The van der Waals surface area contributed by atoms with Gasteiger partial charge in [0.2, 0.25) is 7.37 Å². The average molecular weight is 1230 g/mol. The fourth-order valence-electron chi connectivity index (χ4n) is 6.56. The predicted molar refractivity (Wildman–Crippen MR) is 318 cm³/mol. The molecule has 4 aromatic carbocycles. The van der Waals surface area contributed by atoms with Crippen LogP contribution in [0.3, 0.4) is 0 Å². The van der Waals surface area contributed by atoms with Gasteiger partial charge in [0, 0.05) is 51.8 Å². The van der Waals surface area contributed by atoms with Crippen LogP contribution in [0.1, 0.15) is 77.6 Å². The van der Waals surface area contributed by atoms with E-state index in [1.54, 1.807) is 62.1 Å². The second kappa shape index (κ2) is 40.8. The van der Waals surface area contributed by atoms with Crippen molar-refractivity contribution < 1.29 is 88.8 Å². The molecule has 0 bridgehead atoms. The third-order valence-corrected chi connectivity index (χ3v) is 17.4. The van der Waals surface area contributed by atoms with Crippen LogP contribution in [0.2, 0.25) is 0 Å². The summed E-state index contributed by atoms with van der Waals surface area (Å²) in [6.45, 7) is 22.7. The number of carbonyl (C=O) groups excluding carboxylic acids is 4. The maximum atomic E-state index is 12.3. The summed E-state index contributed by atoms with van der Waals surface area (Å²) in [6, 6.07) is 37.4. The van der Waals surface area contributed by atoms with Crippen LogP contribution in [0.25, 0.3) is 0 Å². The van der Waals surface area contributed by atoms with Gasteiger partial charge in [-0.1, -0.05) is 142 Å². The molecule has 0 aliphatic carbocycles. The first-order chi connectivity index (χ1) is 37.8. The first-order valence-corrected chi connectivity index (χ1v) is 37.2. The molecule has 0 saturated carbocycles. The van der Waals surface area contributed by atoms with Crippen LogP contribution in [0, 0.1) is 17.8 Å². The van der Waals surface area contributed by atoms with Gasteiger partial charge >= 0.3 is 39.1 Å². The molecule has 3 N–H and O–H groups in total. The van der Waals surface area contributed by atoms with Gasteiger partial charge < -0.3 is 51.4 Å². The molecule has 0 radical (unpaired) electrons. The molecule has 0 heterocycles. The molecule has 0 aromatic heterocycles. The topological polar surface area (TPSA) is 280 Å². The highest BCUT2D eigenvalue weighted by Gasteiger charge is 2.29. The Hall–Kier alpha value is -4.37. The fraction of sp³-hybridized carbons (Fsp3) is 0.500. The van der Waals surface area contributed by atoms with Crippen LogP contribution in [-0.2, 0) is 105 Å². The Labute approximate surface area is 480 Å². The number of hydrogen-bond donors (Lipinski definition) is 3. The van der Waals surface area contributed by atoms with Crippen LogP contribution in [-0.4, -0.2) is 118 Å². The summed E-state index contributed by atoms with van der Waals surface area (Å²) in [7, 11) is -15.1. The van der Waals surface area contributed by atoms with Gasteiger partial charge in [0.25, 0.3) is 0 Å². The normalized spacial score (nSPS) is 15.3. The minimum Gasteiger partial charge on any atom is -0.466 e. The van der Waals surface area contributed by atoms with E-state index in [9.17, 15) is 42.0 Å². The van der Waals surface area contributed by atoms with Crippen molar-refractivity contribution in [2.75, 3.05) is 78.2 Å². The Morgan fingerprint density at radius 1 is 0.420 bits per heavy atom. The molecule has 4 aromatic rings. The van der Waals surface area contributed by atoms with Crippen LogP contribution < -0.4 is 5.09 Å². The average Bonchev–Trinajstić information content (AvgIpc) is 3.40. The summed E-state index contributed by atoms with van der Waals surface area (Å²) in [5, 5.41) is 2.74. The Balaban J connectivity index is 0.00000100. The second-order valence-corrected chi connectivity index (χ2v) is 30.8. The third kappa shape index (κ3) is 41.3. The van der Waals surface area contributed by atoms with E-state index in [-0.39, 0.29) is 43.6 Å². The van der Waals surface area contributed by atoms with Crippen molar-refractivity contribution in [2.24, 2.45) is 17.8 Å². The molecule has 0 aliphatic heterocycles. The first-order valence-electron chi connectivity index (χ1n) is 26.3. The molecular weight excluding hydrogens is 1150 g/mol. The zero-order valence-corrected chi connectivity index (χ0v) is 53.7. The van der Waals surface area contributed by atoms with E-state index in [1.165, 1.54) is 26.7 Å². The number of rotatable bonds is 28. The molecule has 0 saturated heterocycles. The van der Waals surface area contributed by atoms with Gasteiger partial charge in [0.05, 0.1) is 70.6 Å². The summed E-state index contributed by atoms with van der Waals surface area (Å²) in [5.41, 5.74) is 3.82. The van der Waals surface area contributed by atoms with E-state index in [4.69, 9.17) is 42.1 Å². The number of benzene rings is 4. The summed E-state index contributed by atoms with van der Waals surface area (Å²) in [6.07, 6.45) is 0.347. The maximum Gasteiger partial charge on any atom is 0.328 e. The van der Waals surface area contributed by atoms with Gasteiger partial charge in [0.1, 0.15) is 13.3 Å². The lowest BCUT2D eigenvalue weighted by Gasteiger charge is -2.21. The lowest BCUT2D eigenvalue weighted by molar-refractivity contribution is -0.147. The summed E-state index contributed by atoms with van der Waals surface area (Å²) in [5.74, 6) is -2.94. The third-order valence-electron chi connectivity index (χ3n) is 10.3. The molecule has 0 fully saturated rings. The number of hydrogen-bond acceptors (Lipinski definition) is 17. The number of carbonyl (C=O) groups is 4. The van der Waals surface area contributed by atoms with Crippen molar-refractivity contribution in [3.05, 3.63) is 144 Å². The first kappa shape index (κ1) is 76.6. The smallest absolute Gasteiger partial charge is 0.328 e. The lowest BCUT2D eigenvalue weighted by Crippen LogP contribution is -2.35. The van der Waals surface area contributed by atoms with Gasteiger partial charge in [-0.25, -0.2) is 0 Å². The minimum atomic E-state index is -3.33. The number of esters is 4. The predicted octanol–water partition coefficient (Wildman–Crippen LogP) is 12.3. The Morgan fingerprint density at radius 2 is 0.704 bits per heavy atom. The lowest BCUT2D eigenvalue weighted by atomic mass is 10.2. The molecule has 0 aliphatic rings. The largest absolute Gasteiger partial charge is 0.466 e. The van der Waals surface area contributed by atoms with Crippen molar-refractivity contribution in [3.63, 3.8) is 0 Å². The molecule has 25 heteroatoms. The van der Waals surface area contributed by atoms with Crippen molar-refractivity contribution >= 4 is 61.1 Å². The molecule has 4 rings (SSSR count). The van der Waals surface area contributed by atoms with Crippen molar-refractivity contribution in [1.29, 1.82) is 0 Å². The number of nitrogens with one attached hydrogen (secondary N) is 1. The highest BCUT2D eigenvalue weighted by atomic mass is 31.2. The standard InChI is InChI=1S/C15H17O3P.C14H21O4P.C12H24NO5P.C8H11O3P.C7H15O4P/c1-19(16,17-12-14-8-4-2-5-9-14)18-13-15-10-6-3-7-11-15;1-4-17-14(15)12(2)11-19(3,16)18-10-13-8-6-5-7-9-13;1-6-17-11(14)9(3)8-19(5,16)13-10(4)12(15)18-7-2;1-12(9,10)11-7-8-5-3-2-4-6-8;1-4-11-7(8)6(2)5-12(3,9)10/h2-11H,12-13H2,1H3;5-9,12H,4,10-11H2,1-3H3;9-10H,6-8H2,1-5H3,(H,13,16);2-6H,7H2,1H3,(H,9,10);6H,4-5H2,1-3H3,(H,9,10). The van der Waals surface area contributed by atoms with E-state index in [2.05, 4.69) is 9.82 Å². The van der Waals surface area contributed by atoms with Crippen molar-refractivity contribution in [2.45, 2.75) is 87.9 Å². The van der Waals surface area contributed by atoms with E-state index < -0.39 is 73.0 Å². The van der Waals surface area contributed by atoms with Crippen LogP contribution in [0.4, 0.5) is 0 Å². The zero-order valence-electron chi connectivity index (χ0n) is 49.2. The molecule has 8 unspecified atom stereocenters. The Bertz CT molecular complexity index is 2560. The molecular formula is C56H88NO19P5. The monoisotopic (exact) mass is 1230 g/mol. The molecule has 81 heavy (non-hydrogen) atoms. The quantitative estimate of drug-likeness (QED) is 0.0271. The van der Waals surface area contributed by atoms with E-state index in [0.29, 0.717) is 39.6 Å². The highest BCUT2D eigenvalue weighted by Crippen LogP contribution is 2.46. The molecule has 8 atom stereocenters. The highest BCUT2D eigenvalue weighted by molar-refractivity contribution is 7.61. The van der Waals surface area contributed by atoms with Crippen molar-refractivity contribution in [3.8, 4) is 0 Å². The van der Waals surface area contributed by atoms with Gasteiger partial charge in [-0.05, 0) is 56.9 Å². The van der Waals surface area contributed by atoms with Gasteiger partial charge in [-0.15, -0.1) is 0 Å². The Morgan fingerprint density at radius 3 is 1.01 bits per heavy atom. The van der Waals surface area contributed by atoms with Crippen LogP contribution >= 0.6 is 37.2 Å². The Kier molecular flexibility index (Phi) is 38.6. The van der Waals surface area contributed by atoms with E-state index in [0.717, 1.165) is 22.3 Å². The van der Waals surface area contributed by atoms with Gasteiger partial charge in [-0.3, -0.25) is 42.5 Å². The van der Waals surface area contributed by atoms with Gasteiger partial charge in [-0.2, -0.15) is 0 Å².